The maximum atomic E-state index is 13.2. The van der Waals surface area contributed by atoms with Crippen LogP contribution in [0.3, 0.4) is 0 Å². The largest absolute Gasteiger partial charge is 0.463 e. The third-order valence-corrected chi connectivity index (χ3v) is 6.17. The Balaban J connectivity index is 2.24. The zero-order valence-electron chi connectivity index (χ0n) is 16.3. The summed E-state index contributed by atoms with van der Waals surface area (Å²) < 4.78 is 6.43. The van der Waals surface area contributed by atoms with Gasteiger partial charge >= 0.3 is 5.97 Å². The van der Waals surface area contributed by atoms with Crippen molar-refractivity contribution in [2.75, 3.05) is 6.61 Å². The fourth-order valence-corrected chi connectivity index (χ4v) is 4.80. The van der Waals surface area contributed by atoms with Crippen molar-refractivity contribution in [2.45, 2.75) is 52.9 Å². The number of carbonyl (C=O) groups is 2. The van der Waals surface area contributed by atoms with Gasteiger partial charge in [0, 0.05) is 32.9 Å². The summed E-state index contributed by atoms with van der Waals surface area (Å²) >= 11 is 2.29. The molecule has 0 saturated carbocycles. The topological polar surface area (TPSA) is 55.4 Å². The first-order chi connectivity index (χ1) is 12.8. The van der Waals surface area contributed by atoms with Crippen molar-refractivity contribution in [3.8, 4) is 0 Å². The molecule has 0 amide bonds. The number of ketones is 1. The Morgan fingerprint density at radius 2 is 1.96 bits per heavy atom. The van der Waals surface area contributed by atoms with Gasteiger partial charge in [0.05, 0.1) is 12.2 Å². The van der Waals surface area contributed by atoms with Gasteiger partial charge in [-0.25, -0.2) is 4.79 Å². The number of allylic oxidation sites excluding steroid dienone is 3. The summed E-state index contributed by atoms with van der Waals surface area (Å²) in [5.41, 5.74) is 4.05. The van der Waals surface area contributed by atoms with Gasteiger partial charge in [0.25, 0.3) is 0 Å². The van der Waals surface area contributed by atoms with Crippen molar-refractivity contribution in [1.82, 2.24) is 5.32 Å². The lowest BCUT2D eigenvalue weighted by Gasteiger charge is -2.40. The van der Waals surface area contributed by atoms with Crippen LogP contribution in [0, 0.1) is 8.99 Å². The van der Waals surface area contributed by atoms with Gasteiger partial charge in [0.15, 0.2) is 5.78 Å². The summed E-state index contributed by atoms with van der Waals surface area (Å²) in [5, 5.41) is 3.43. The van der Waals surface area contributed by atoms with Gasteiger partial charge in [-0.05, 0) is 59.4 Å². The van der Waals surface area contributed by atoms with E-state index in [1.165, 1.54) is 0 Å². The maximum absolute atomic E-state index is 13.2. The Hall–Kier alpha value is -1.63. The van der Waals surface area contributed by atoms with Crippen LogP contribution in [0.2, 0.25) is 0 Å². The molecule has 1 aliphatic heterocycles. The van der Waals surface area contributed by atoms with Crippen molar-refractivity contribution < 1.29 is 14.3 Å². The molecule has 144 valence electrons. The van der Waals surface area contributed by atoms with E-state index in [9.17, 15) is 9.59 Å². The zero-order chi connectivity index (χ0) is 19.8. The number of benzene rings is 1. The third-order valence-electron chi connectivity index (χ3n) is 5.19. The summed E-state index contributed by atoms with van der Waals surface area (Å²) in [6, 6.07) is 7.97. The quantitative estimate of drug-likeness (QED) is 0.496. The van der Waals surface area contributed by atoms with Crippen LogP contribution >= 0.6 is 22.6 Å². The molecule has 1 atom stereocenters. The molecule has 0 spiro atoms. The summed E-state index contributed by atoms with van der Waals surface area (Å²) in [4.78, 5) is 26.1. The van der Waals surface area contributed by atoms with Crippen LogP contribution in [0.1, 0.15) is 58.4 Å². The Morgan fingerprint density at radius 3 is 2.59 bits per heavy atom. The first-order valence-corrected chi connectivity index (χ1v) is 10.5. The van der Waals surface area contributed by atoms with Crippen molar-refractivity contribution in [1.29, 1.82) is 0 Å². The highest BCUT2D eigenvalue weighted by Crippen LogP contribution is 2.47. The molecule has 0 unspecified atom stereocenters. The fourth-order valence-electron chi connectivity index (χ4n) is 4.10. The SMILES string of the molecule is CCOC(=O)C1=C(CC)NC2=C(C(=O)CC(C)(C)C2)[C@H]1c1ccccc1I. The average molecular weight is 479 g/mol. The molecule has 1 aromatic carbocycles. The number of Topliss-reactive ketones (excluding diaryl/α,β-unsaturated/α-hetero) is 1. The van der Waals surface area contributed by atoms with Gasteiger partial charge in [-0.15, -0.1) is 0 Å². The van der Waals surface area contributed by atoms with Gasteiger partial charge in [0.2, 0.25) is 0 Å². The Bertz CT molecular complexity index is 851. The molecule has 5 heteroatoms. The summed E-state index contributed by atoms with van der Waals surface area (Å²) in [6.45, 7) is 8.38. The normalized spacial score (nSPS) is 21.7. The molecule has 3 rings (SSSR count). The molecule has 1 N–H and O–H groups in total. The molecule has 0 radical (unpaired) electrons. The molecule has 1 aromatic rings. The van der Waals surface area contributed by atoms with E-state index in [1.807, 2.05) is 31.2 Å². The van der Waals surface area contributed by atoms with E-state index in [4.69, 9.17) is 4.74 Å². The molecule has 27 heavy (non-hydrogen) atoms. The molecule has 1 heterocycles. The maximum Gasteiger partial charge on any atom is 0.336 e. The van der Waals surface area contributed by atoms with E-state index in [1.54, 1.807) is 6.92 Å². The molecule has 0 bridgehead atoms. The average Bonchev–Trinajstić information content (AvgIpc) is 2.59. The standard InChI is InChI=1S/C22H26INO3/c1-5-15-20(21(26)27-6-2)18(13-9-7-8-10-14(13)23)19-16(24-15)11-22(3,4)12-17(19)25/h7-10,18,24H,5-6,11-12H2,1-4H3/t18-/m1/s1. The van der Waals surface area contributed by atoms with Gasteiger partial charge in [-0.3, -0.25) is 4.79 Å². The number of halogens is 1. The molecule has 1 aliphatic carbocycles. The molecule has 0 saturated heterocycles. The summed E-state index contributed by atoms with van der Waals surface area (Å²) in [6.07, 6.45) is 1.97. The van der Waals surface area contributed by atoms with Crippen LogP contribution in [-0.4, -0.2) is 18.4 Å². The molecule has 4 nitrogen and oxygen atoms in total. The highest BCUT2D eigenvalue weighted by Gasteiger charge is 2.43. The molecular weight excluding hydrogens is 453 g/mol. The number of esters is 1. The third kappa shape index (κ3) is 3.84. The Kier molecular flexibility index (Phi) is 5.79. The van der Waals surface area contributed by atoms with E-state index in [0.29, 0.717) is 25.0 Å². The number of ether oxygens (including phenoxy) is 1. The minimum Gasteiger partial charge on any atom is -0.463 e. The van der Waals surface area contributed by atoms with E-state index >= 15 is 0 Å². The van der Waals surface area contributed by atoms with E-state index in [0.717, 1.165) is 32.5 Å². The van der Waals surface area contributed by atoms with Crippen molar-refractivity contribution >= 4 is 34.3 Å². The van der Waals surface area contributed by atoms with Crippen molar-refractivity contribution in [3.63, 3.8) is 0 Å². The molecular formula is C22H26INO3. The number of nitrogens with one attached hydrogen (secondary N) is 1. The van der Waals surface area contributed by atoms with Crippen LogP contribution < -0.4 is 5.32 Å². The monoisotopic (exact) mass is 479 g/mol. The predicted octanol–water partition coefficient (Wildman–Crippen LogP) is 4.85. The van der Waals surface area contributed by atoms with Gasteiger partial charge in [0.1, 0.15) is 0 Å². The Labute approximate surface area is 174 Å². The number of carbonyl (C=O) groups excluding carboxylic acids is 2. The van der Waals surface area contributed by atoms with Crippen LogP contribution in [0.15, 0.2) is 46.8 Å². The number of dihydropyridines is 1. The number of hydrogen-bond donors (Lipinski definition) is 1. The van der Waals surface area contributed by atoms with Crippen LogP contribution in [0.5, 0.6) is 0 Å². The van der Waals surface area contributed by atoms with Crippen molar-refractivity contribution in [2.24, 2.45) is 5.41 Å². The summed E-state index contributed by atoms with van der Waals surface area (Å²) in [7, 11) is 0. The van der Waals surface area contributed by atoms with Crippen LogP contribution in [0.4, 0.5) is 0 Å². The second kappa shape index (κ2) is 7.78. The highest BCUT2D eigenvalue weighted by atomic mass is 127. The lowest BCUT2D eigenvalue weighted by atomic mass is 9.68. The lowest BCUT2D eigenvalue weighted by molar-refractivity contribution is -0.138. The van der Waals surface area contributed by atoms with E-state index in [-0.39, 0.29) is 23.1 Å². The molecule has 0 aromatic heterocycles. The van der Waals surface area contributed by atoms with Crippen molar-refractivity contribution in [3.05, 3.63) is 55.9 Å². The minimum atomic E-state index is -0.369. The highest BCUT2D eigenvalue weighted by molar-refractivity contribution is 14.1. The molecule has 2 aliphatic rings. The Morgan fingerprint density at radius 1 is 1.26 bits per heavy atom. The predicted molar refractivity (Wildman–Crippen MR) is 114 cm³/mol. The lowest BCUT2D eigenvalue weighted by Crippen LogP contribution is -2.39. The number of rotatable bonds is 4. The van der Waals surface area contributed by atoms with E-state index in [2.05, 4.69) is 41.8 Å². The zero-order valence-corrected chi connectivity index (χ0v) is 18.5. The van der Waals surface area contributed by atoms with Gasteiger partial charge in [-0.1, -0.05) is 39.0 Å². The van der Waals surface area contributed by atoms with Crippen LogP contribution in [0.25, 0.3) is 0 Å². The first-order valence-electron chi connectivity index (χ1n) is 9.47. The fraction of sp³-hybridized carbons (Fsp3) is 0.455. The second-order valence-electron chi connectivity index (χ2n) is 7.88. The molecule has 0 fully saturated rings. The van der Waals surface area contributed by atoms with Crippen LogP contribution in [-0.2, 0) is 14.3 Å². The van der Waals surface area contributed by atoms with Gasteiger partial charge in [-0.2, -0.15) is 0 Å². The summed E-state index contributed by atoms with van der Waals surface area (Å²) in [5.74, 6) is -0.585. The van der Waals surface area contributed by atoms with E-state index < -0.39 is 0 Å². The number of hydrogen-bond acceptors (Lipinski definition) is 4. The van der Waals surface area contributed by atoms with Gasteiger partial charge < -0.3 is 10.1 Å². The second-order valence-corrected chi connectivity index (χ2v) is 9.04. The smallest absolute Gasteiger partial charge is 0.336 e. The minimum absolute atomic E-state index is 0.0857. The first kappa shape index (κ1) is 20.1.